The Morgan fingerprint density at radius 1 is 1.29 bits per heavy atom. The van der Waals surface area contributed by atoms with Gasteiger partial charge in [0, 0.05) is 29.7 Å². The molecule has 5 nitrogen and oxygen atoms in total. The zero-order chi connectivity index (χ0) is 17.5. The van der Waals surface area contributed by atoms with Crippen molar-refractivity contribution in [2.75, 3.05) is 20.7 Å². The van der Waals surface area contributed by atoms with Crippen LogP contribution in [0.2, 0.25) is 0 Å². The number of esters is 1. The molecule has 0 aliphatic carbocycles. The quantitative estimate of drug-likeness (QED) is 0.397. The number of rotatable bonds is 6. The van der Waals surface area contributed by atoms with Crippen molar-refractivity contribution in [3.05, 3.63) is 45.2 Å². The molecule has 7 heteroatoms. The normalized spacial score (nSPS) is 11.3. The van der Waals surface area contributed by atoms with E-state index in [1.165, 1.54) is 11.3 Å². The summed E-state index contributed by atoms with van der Waals surface area (Å²) in [5, 5.41) is 0.611. The minimum Gasteiger partial charge on any atom is -0.462 e. The van der Waals surface area contributed by atoms with E-state index in [1.54, 1.807) is 25.5 Å². The van der Waals surface area contributed by atoms with Crippen LogP contribution in [0.25, 0.3) is 0 Å². The molecule has 1 aromatic carbocycles. The molecular weight excluding hydrogens is 390 g/mol. The van der Waals surface area contributed by atoms with Gasteiger partial charge in [0.1, 0.15) is 5.00 Å². The van der Waals surface area contributed by atoms with E-state index < -0.39 is 0 Å². The number of carbonyl (C=O) groups excluding carboxylic acids is 1. The molecule has 24 heavy (non-hydrogen) atoms. The van der Waals surface area contributed by atoms with E-state index in [-0.39, 0.29) is 5.97 Å². The number of ether oxygens (including phenoxy) is 1. The lowest BCUT2D eigenvalue weighted by molar-refractivity contribution is 0.0528. The van der Waals surface area contributed by atoms with Crippen molar-refractivity contribution >= 4 is 56.5 Å². The van der Waals surface area contributed by atoms with Crippen LogP contribution in [0.1, 0.15) is 22.2 Å². The molecule has 126 valence electrons. The summed E-state index contributed by atoms with van der Waals surface area (Å²) in [7, 11) is 3.74. The fraction of sp³-hybridized carbons (Fsp3) is 0.235. The van der Waals surface area contributed by atoms with Crippen LogP contribution in [0.15, 0.2) is 44.8 Å². The van der Waals surface area contributed by atoms with E-state index in [0.29, 0.717) is 17.2 Å². The SMILES string of the molecule is CCOC(=O)c1cc(C=Nc2ccc(Br)cc2)sc1N=CN(C)C. The number of nitrogens with zero attached hydrogens (tertiary/aromatic N) is 3. The summed E-state index contributed by atoms with van der Waals surface area (Å²) in [5.41, 5.74) is 1.29. The number of benzene rings is 1. The Kier molecular flexibility index (Phi) is 6.69. The molecule has 0 aliphatic heterocycles. The lowest BCUT2D eigenvalue weighted by atomic mass is 10.3. The molecule has 0 unspecified atom stereocenters. The van der Waals surface area contributed by atoms with Gasteiger partial charge in [0.25, 0.3) is 0 Å². The lowest BCUT2D eigenvalue weighted by Crippen LogP contribution is -2.07. The average molecular weight is 408 g/mol. The summed E-state index contributed by atoms with van der Waals surface area (Å²) >= 11 is 4.79. The maximum Gasteiger partial charge on any atom is 0.341 e. The summed E-state index contributed by atoms with van der Waals surface area (Å²) in [5.74, 6) is -0.372. The van der Waals surface area contributed by atoms with Gasteiger partial charge in [0.15, 0.2) is 0 Å². The van der Waals surface area contributed by atoms with Gasteiger partial charge in [-0.3, -0.25) is 4.99 Å². The van der Waals surface area contributed by atoms with Gasteiger partial charge >= 0.3 is 5.97 Å². The fourth-order valence-electron chi connectivity index (χ4n) is 1.75. The molecule has 0 radical (unpaired) electrons. The molecule has 2 rings (SSSR count). The molecule has 0 N–H and O–H groups in total. The molecule has 0 atom stereocenters. The molecule has 0 bridgehead atoms. The third-order valence-electron chi connectivity index (χ3n) is 2.80. The molecule has 0 saturated heterocycles. The summed E-state index contributed by atoms with van der Waals surface area (Å²) in [6.45, 7) is 2.11. The Hall–Kier alpha value is -1.99. The van der Waals surface area contributed by atoms with Crippen molar-refractivity contribution in [1.82, 2.24) is 4.90 Å². The molecule has 0 saturated carbocycles. The second kappa shape index (κ2) is 8.75. The van der Waals surface area contributed by atoms with Gasteiger partial charge < -0.3 is 9.64 Å². The number of hydrogen-bond acceptors (Lipinski definition) is 5. The largest absolute Gasteiger partial charge is 0.462 e. The molecule has 1 heterocycles. The van der Waals surface area contributed by atoms with E-state index >= 15 is 0 Å². The first kappa shape index (κ1) is 18.4. The highest BCUT2D eigenvalue weighted by Gasteiger charge is 2.16. The van der Waals surface area contributed by atoms with Crippen LogP contribution in [0.3, 0.4) is 0 Å². The van der Waals surface area contributed by atoms with Crippen LogP contribution in [0.4, 0.5) is 10.7 Å². The highest BCUT2D eigenvalue weighted by Crippen LogP contribution is 2.31. The van der Waals surface area contributed by atoms with E-state index in [4.69, 9.17) is 4.74 Å². The molecule has 1 aromatic heterocycles. The van der Waals surface area contributed by atoms with E-state index in [2.05, 4.69) is 25.9 Å². The first-order chi connectivity index (χ1) is 11.5. The van der Waals surface area contributed by atoms with Gasteiger partial charge in [0.2, 0.25) is 0 Å². The van der Waals surface area contributed by atoms with Crippen LogP contribution in [0.5, 0.6) is 0 Å². The molecule has 0 aliphatic rings. The fourth-order valence-corrected chi connectivity index (χ4v) is 2.87. The molecule has 2 aromatic rings. The van der Waals surface area contributed by atoms with Crippen molar-refractivity contribution in [2.24, 2.45) is 9.98 Å². The van der Waals surface area contributed by atoms with Gasteiger partial charge in [0.05, 0.1) is 24.2 Å². The number of hydrogen-bond donors (Lipinski definition) is 0. The van der Waals surface area contributed by atoms with Crippen molar-refractivity contribution in [3.8, 4) is 0 Å². The number of aliphatic imine (C=N–C) groups is 2. The minimum atomic E-state index is -0.372. The predicted octanol–water partition coefficient (Wildman–Crippen LogP) is 4.66. The number of halogens is 1. The Morgan fingerprint density at radius 2 is 2.00 bits per heavy atom. The van der Waals surface area contributed by atoms with E-state index in [1.807, 2.05) is 43.3 Å². The zero-order valence-corrected chi connectivity index (χ0v) is 16.1. The van der Waals surface area contributed by atoms with E-state index in [9.17, 15) is 4.79 Å². The van der Waals surface area contributed by atoms with Crippen molar-refractivity contribution in [3.63, 3.8) is 0 Å². The topological polar surface area (TPSA) is 54.3 Å². The standard InChI is InChI=1S/C17H18BrN3O2S/c1-4-23-17(22)15-9-14(24-16(15)20-11-21(2)3)10-19-13-7-5-12(18)6-8-13/h5-11H,4H2,1-3H3. The van der Waals surface area contributed by atoms with Gasteiger partial charge in [-0.2, -0.15) is 0 Å². The van der Waals surface area contributed by atoms with Crippen molar-refractivity contribution in [1.29, 1.82) is 0 Å². The second-order valence-electron chi connectivity index (χ2n) is 5.03. The van der Waals surface area contributed by atoms with Crippen LogP contribution in [-0.2, 0) is 4.74 Å². The summed E-state index contributed by atoms with van der Waals surface area (Å²) in [4.78, 5) is 23.5. The summed E-state index contributed by atoms with van der Waals surface area (Å²) in [6.07, 6.45) is 3.38. The van der Waals surface area contributed by atoms with Crippen LogP contribution in [-0.4, -0.2) is 44.1 Å². The van der Waals surface area contributed by atoms with Crippen LogP contribution in [0, 0.1) is 0 Å². The maximum atomic E-state index is 12.1. The molecule has 0 fully saturated rings. The Labute approximate surface area is 153 Å². The average Bonchev–Trinajstić information content (AvgIpc) is 2.96. The van der Waals surface area contributed by atoms with Gasteiger partial charge in [-0.15, -0.1) is 11.3 Å². The number of carbonyl (C=O) groups is 1. The highest BCUT2D eigenvalue weighted by atomic mass is 79.9. The zero-order valence-electron chi connectivity index (χ0n) is 13.7. The monoisotopic (exact) mass is 407 g/mol. The Bertz CT molecular complexity index is 752. The first-order valence-corrected chi connectivity index (χ1v) is 8.91. The highest BCUT2D eigenvalue weighted by molar-refractivity contribution is 9.10. The van der Waals surface area contributed by atoms with Crippen LogP contribution >= 0.6 is 27.3 Å². The summed E-state index contributed by atoms with van der Waals surface area (Å²) < 4.78 is 6.10. The first-order valence-electron chi connectivity index (χ1n) is 7.30. The second-order valence-corrected chi connectivity index (χ2v) is 7.01. The minimum absolute atomic E-state index is 0.327. The van der Waals surface area contributed by atoms with Gasteiger partial charge in [-0.25, -0.2) is 9.79 Å². The molecular formula is C17H18BrN3O2S. The van der Waals surface area contributed by atoms with Crippen molar-refractivity contribution < 1.29 is 9.53 Å². The van der Waals surface area contributed by atoms with Crippen LogP contribution < -0.4 is 0 Å². The Balaban J connectivity index is 2.28. The summed E-state index contributed by atoms with van der Waals surface area (Å²) in [6, 6.07) is 9.43. The maximum absolute atomic E-state index is 12.1. The molecule has 0 spiro atoms. The predicted molar refractivity (Wildman–Crippen MR) is 104 cm³/mol. The van der Waals surface area contributed by atoms with E-state index in [0.717, 1.165) is 15.0 Å². The molecule has 0 amide bonds. The Morgan fingerprint density at radius 3 is 2.62 bits per heavy atom. The lowest BCUT2D eigenvalue weighted by Gasteiger charge is -2.02. The van der Waals surface area contributed by atoms with Crippen molar-refractivity contribution in [2.45, 2.75) is 6.92 Å². The van der Waals surface area contributed by atoms with Gasteiger partial charge in [-0.1, -0.05) is 15.9 Å². The third-order valence-corrected chi connectivity index (χ3v) is 4.31. The smallest absolute Gasteiger partial charge is 0.341 e. The third kappa shape index (κ3) is 5.28. The van der Waals surface area contributed by atoms with Gasteiger partial charge in [-0.05, 0) is 37.3 Å². The number of thiophene rings is 1.